The number of hydrogen-bond donors (Lipinski definition) is 1. The first kappa shape index (κ1) is 19.7. The van der Waals surface area contributed by atoms with Crippen molar-refractivity contribution < 1.29 is 19.0 Å². The molecule has 1 N–H and O–H groups in total. The number of carbonyl (C=O) groups is 1. The number of amides is 1. The fraction of sp³-hybridized carbons (Fsp3) is 0.471. The number of carbonyl (C=O) groups excluding carboxylic acids is 1. The zero-order valence-electron chi connectivity index (χ0n) is 15.3. The number of benzene rings is 1. The topological polar surface area (TPSA) is 85.8 Å². The van der Waals surface area contributed by atoms with Gasteiger partial charge in [-0.25, -0.2) is 0 Å². The number of aromatic nitrogens is 2. The highest BCUT2D eigenvalue weighted by atomic mass is 32.2. The second-order valence-electron chi connectivity index (χ2n) is 5.70. The minimum absolute atomic E-state index is 0.0575. The molecule has 8 nitrogen and oxygen atoms in total. The second-order valence-corrected chi connectivity index (χ2v) is 7.88. The van der Waals surface area contributed by atoms with Crippen LogP contribution < -0.4 is 19.7 Å². The number of nitrogens with one attached hydrogen (secondary N) is 1. The summed E-state index contributed by atoms with van der Waals surface area (Å²) in [4.78, 5) is 14.3. The van der Waals surface area contributed by atoms with E-state index >= 15 is 0 Å². The summed E-state index contributed by atoms with van der Waals surface area (Å²) in [6.45, 7) is 3.49. The third-order valence-electron chi connectivity index (χ3n) is 3.94. The largest absolute Gasteiger partial charge is 0.493 e. The van der Waals surface area contributed by atoms with Gasteiger partial charge in [0.05, 0.1) is 33.2 Å². The quantitative estimate of drug-likeness (QED) is 0.660. The van der Waals surface area contributed by atoms with Crippen LogP contribution in [0.1, 0.15) is 5.56 Å². The van der Waals surface area contributed by atoms with Crippen LogP contribution >= 0.6 is 23.1 Å². The van der Waals surface area contributed by atoms with E-state index in [4.69, 9.17) is 14.2 Å². The third kappa shape index (κ3) is 5.47. The van der Waals surface area contributed by atoms with Crippen LogP contribution in [0.4, 0.5) is 5.13 Å². The van der Waals surface area contributed by atoms with Gasteiger partial charge in [-0.15, -0.1) is 10.2 Å². The Morgan fingerprint density at radius 3 is 2.78 bits per heavy atom. The zero-order valence-corrected chi connectivity index (χ0v) is 16.9. The lowest BCUT2D eigenvalue weighted by atomic mass is 10.2. The van der Waals surface area contributed by atoms with Crippen molar-refractivity contribution in [2.45, 2.75) is 10.9 Å². The number of hydrogen-bond acceptors (Lipinski definition) is 9. The highest BCUT2D eigenvalue weighted by Crippen LogP contribution is 2.29. The van der Waals surface area contributed by atoms with E-state index < -0.39 is 0 Å². The molecule has 1 aromatic carbocycles. The van der Waals surface area contributed by atoms with Gasteiger partial charge in [0.2, 0.25) is 11.0 Å². The van der Waals surface area contributed by atoms with E-state index in [-0.39, 0.29) is 5.91 Å². The van der Waals surface area contributed by atoms with Crippen LogP contribution in [-0.4, -0.2) is 62.4 Å². The molecule has 10 heteroatoms. The first-order valence-corrected chi connectivity index (χ1v) is 10.3. The lowest BCUT2D eigenvalue weighted by molar-refractivity contribution is -0.118. The number of rotatable bonds is 8. The first-order valence-electron chi connectivity index (χ1n) is 8.46. The summed E-state index contributed by atoms with van der Waals surface area (Å²) in [5.74, 6) is 1.54. The van der Waals surface area contributed by atoms with Crippen LogP contribution in [0.15, 0.2) is 22.5 Å². The standard InChI is InChI=1S/C17H22N4O4S2/c1-23-13-4-3-12(9-14(13)24-2)10-18-15(22)11-26-17-20-19-16(27-17)21-5-7-25-8-6-21/h3-4,9H,5-8,10-11H2,1-2H3,(H,18,22). The van der Waals surface area contributed by atoms with Crippen molar-refractivity contribution >= 4 is 34.1 Å². The van der Waals surface area contributed by atoms with Gasteiger partial charge in [0, 0.05) is 19.6 Å². The molecular weight excluding hydrogens is 388 g/mol. The molecule has 0 bridgehead atoms. The Balaban J connectivity index is 1.45. The van der Waals surface area contributed by atoms with Crippen LogP contribution in [0.25, 0.3) is 0 Å². The maximum Gasteiger partial charge on any atom is 0.230 e. The number of methoxy groups -OCH3 is 2. The van der Waals surface area contributed by atoms with E-state index in [0.717, 1.165) is 28.1 Å². The molecule has 1 amide bonds. The van der Waals surface area contributed by atoms with Gasteiger partial charge in [-0.05, 0) is 17.7 Å². The molecule has 146 valence electrons. The molecule has 0 saturated carbocycles. The fourth-order valence-electron chi connectivity index (χ4n) is 2.51. The van der Waals surface area contributed by atoms with Gasteiger partial charge in [-0.2, -0.15) is 0 Å². The molecule has 0 spiro atoms. The van der Waals surface area contributed by atoms with Crippen LogP contribution in [0.5, 0.6) is 11.5 Å². The molecule has 27 heavy (non-hydrogen) atoms. The van der Waals surface area contributed by atoms with Crippen molar-refractivity contribution in [2.24, 2.45) is 0 Å². The lowest BCUT2D eigenvalue weighted by Gasteiger charge is -2.25. The molecule has 1 aliphatic rings. The smallest absolute Gasteiger partial charge is 0.230 e. The predicted octanol–water partition coefficient (Wildman–Crippen LogP) is 1.80. The SMILES string of the molecule is COc1ccc(CNC(=O)CSc2nnc(N3CCOCC3)s2)cc1OC. The van der Waals surface area contributed by atoms with Crippen molar-refractivity contribution in [3.05, 3.63) is 23.8 Å². The molecule has 2 aromatic rings. The van der Waals surface area contributed by atoms with Gasteiger partial charge >= 0.3 is 0 Å². The van der Waals surface area contributed by atoms with Gasteiger partial charge in [-0.3, -0.25) is 4.79 Å². The van der Waals surface area contributed by atoms with Crippen LogP contribution in [-0.2, 0) is 16.1 Å². The molecule has 1 aliphatic heterocycles. The van der Waals surface area contributed by atoms with E-state index in [1.54, 1.807) is 14.2 Å². The Kier molecular flexibility index (Phi) is 7.13. The van der Waals surface area contributed by atoms with E-state index in [2.05, 4.69) is 20.4 Å². The molecule has 1 saturated heterocycles. The molecule has 1 fully saturated rings. The van der Waals surface area contributed by atoms with Crippen molar-refractivity contribution in [3.63, 3.8) is 0 Å². The van der Waals surface area contributed by atoms with Crippen molar-refractivity contribution in [3.8, 4) is 11.5 Å². The molecular formula is C17H22N4O4S2. The maximum absolute atomic E-state index is 12.1. The Labute approximate surface area is 166 Å². The van der Waals surface area contributed by atoms with Crippen molar-refractivity contribution in [1.29, 1.82) is 0 Å². The first-order chi connectivity index (χ1) is 13.2. The molecule has 1 aromatic heterocycles. The van der Waals surface area contributed by atoms with E-state index in [9.17, 15) is 4.79 Å². The van der Waals surface area contributed by atoms with Gasteiger partial charge in [-0.1, -0.05) is 29.2 Å². The van der Waals surface area contributed by atoms with Gasteiger partial charge in [0.15, 0.2) is 15.8 Å². The summed E-state index contributed by atoms with van der Waals surface area (Å²) in [6.07, 6.45) is 0. The molecule has 0 unspecified atom stereocenters. The number of morpholine rings is 1. The van der Waals surface area contributed by atoms with Gasteiger partial charge < -0.3 is 24.4 Å². The van der Waals surface area contributed by atoms with Crippen molar-refractivity contribution in [2.75, 3.05) is 51.2 Å². The van der Waals surface area contributed by atoms with Crippen LogP contribution in [0.3, 0.4) is 0 Å². The summed E-state index contributed by atoms with van der Waals surface area (Å²) in [5.41, 5.74) is 0.941. The Hall–Kier alpha value is -2.04. The Morgan fingerprint density at radius 2 is 2.04 bits per heavy atom. The highest BCUT2D eigenvalue weighted by Gasteiger charge is 2.16. The zero-order chi connectivity index (χ0) is 19.1. The molecule has 3 rings (SSSR count). The summed E-state index contributed by atoms with van der Waals surface area (Å²) >= 11 is 2.90. The van der Waals surface area contributed by atoms with Crippen LogP contribution in [0, 0.1) is 0 Å². The second kappa shape index (κ2) is 9.77. The van der Waals surface area contributed by atoms with Gasteiger partial charge in [0.25, 0.3) is 0 Å². The number of anilines is 1. The number of ether oxygens (including phenoxy) is 3. The third-order valence-corrected chi connectivity index (χ3v) is 6.06. The minimum atomic E-state index is -0.0575. The Morgan fingerprint density at radius 1 is 1.26 bits per heavy atom. The summed E-state index contributed by atoms with van der Waals surface area (Å²) in [7, 11) is 3.18. The Bertz CT molecular complexity index is 765. The molecule has 0 radical (unpaired) electrons. The minimum Gasteiger partial charge on any atom is -0.493 e. The highest BCUT2D eigenvalue weighted by molar-refractivity contribution is 8.01. The fourth-order valence-corrected chi connectivity index (χ4v) is 4.24. The molecule has 2 heterocycles. The number of nitrogens with zero attached hydrogens (tertiary/aromatic N) is 3. The van der Waals surface area contributed by atoms with E-state index in [0.29, 0.717) is 37.0 Å². The average molecular weight is 411 g/mol. The van der Waals surface area contributed by atoms with Crippen molar-refractivity contribution in [1.82, 2.24) is 15.5 Å². The van der Waals surface area contributed by atoms with Gasteiger partial charge in [0.1, 0.15) is 0 Å². The summed E-state index contributed by atoms with van der Waals surface area (Å²) in [5, 5.41) is 12.2. The van der Waals surface area contributed by atoms with E-state index in [1.807, 2.05) is 18.2 Å². The number of thioether (sulfide) groups is 1. The van der Waals surface area contributed by atoms with Crippen LogP contribution in [0.2, 0.25) is 0 Å². The molecule has 0 aliphatic carbocycles. The van der Waals surface area contributed by atoms with E-state index in [1.165, 1.54) is 23.1 Å². The maximum atomic E-state index is 12.1. The lowest BCUT2D eigenvalue weighted by Crippen LogP contribution is -2.36. The molecule has 0 atom stereocenters. The summed E-state index contributed by atoms with van der Waals surface area (Å²) in [6, 6.07) is 5.57. The predicted molar refractivity (Wildman–Crippen MR) is 105 cm³/mol. The average Bonchev–Trinajstić information content (AvgIpc) is 3.20. The monoisotopic (exact) mass is 410 g/mol. The normalized spacial score (nSPS) is 14.1. The summed E-state index contributed by atoms with van der Waals surface area (Å²) < 4.78 is 16.6.